The van der Waals surface area contributed by atoms with Crippen LogP contribution in [-0.4, -0.2) is 41.9 Å². The Morgan fingerprint density at radius 1 is 0.981 bits per heavy atom. The van der Waals surface area contributed by atoms with Crippen LogP contribution in [0.3, 0.4) is 0 Å². The summed E-state index contributed by atoms with van der Waals surface area (Å²) in [5.74, 6) is 4.87. The zero-order chi connectivity index (χ0) is 37.0. The van der Waals surface area contributed by atoms with Gasteiger partial charge in [-0.05, 0) is 121 Å². The maximum atomic E-state index is 13.6. The van der Waals surface area contributed by atoms with Crippen molar-refractivity contribution >= 4 is 22.2 Å². The number of anilines is 1. The van der Waals surface area contributed by atoms with E-state index in [0.717, 1.165) is 84.5 Å². The Morgan fingerprint density at radius 3 is 2.66 bits per heavy atom. The quantitative estimate of drug-likeness (QED) is 0.0993. The number of benzene rings is 4. The third-order valence-corrected chi connectivity index (χ3v) is 11.0. The lowest BCUT2D eigenvalue weighted by molar-refractivity contribution is -0.121. The summed E-state index contributed by atoms with van der Waals surface area (Å²) < 4.78 is 18.2. The first kappa shape index (κ1) is 38.1. The number of nitrogens with one attached hydrogen (secondary N) is 1. The van der Waals surface area contributed by atoms with E-state index in [9.17, 15) is 15.0 Å². The monoisotopic (exact) mass is 717 g/mol. The maximum Gasteiger partial charge on any atom is 0.161 e. The molecule has 0 saturated heterocycles. The van der Waals surface area contributed by atoms with Gasteiger partial charge in [0, 0.05) is 37.1 Å². The van der Waals surface area contributed by atoms with Crippen molar-refractivity contribution in [1.29, 1.82) is 0 Å². The van der Waals surface area contributed by atoms with Crippen LogP contribution in [0.1, 0.15) is 99.8 Å². The molecule has 4 aromatic rings. The number of aromatic hydroxyl groups is 1. The third kappa shape index (κ3) is 10.7. The molecule has 2 atom stereocenters. The number of unbranched alkanes of at least 4 members (excludes halogenated alkanes) is 2. The average molecular weight is 718 g/mol. The minimum absolute atomic E-state index is 0.153. The van der Waals surface area contributed by atoms with Gasteiger partial charge in [-0.2, -0.15) is 0 Å². The van der Waals surface area contributed by atoms with E-state index < -0.39 is 0 Å². The summed E-state index contributed by atoms with van der Waals surface area (Å²) in [6, 6.07) is 24.2. The minimum Gasteiger partial charge on any atom is -0.508 e. The molecule has 280 valence electrons. The topological polar surface area (TPSA) is 97.2 Å². The number of ketones is 1. The summed E-state index contributed by atoms with van der Waals surface area (Å²) >= 11 is 0. The number of hydrogen-bond donors (Lipinski definition) is 3. The molecule has 2 aliphatic heterocycles. The Kier molecular flexibility index (Phi) is 13.2. The van der Waals surface area contributed by atoms with Gasteiger partial charge in [0.1, 0.15) is 30.4 Å². The van der Waals surface area contributed by atoms with Gasteiger partial charge in [0.25, 0.3) is 0 Å². The average Bonchev–Trinajstić information content (AvgIpc) is 3.62. The number of aliphatic hydroxyl groups is 1. The van der Waals surface area contributed by atoms with Crippen molar-refractivity contribution < 1.29 is 29.2 Å². The zero-order valence-corrected chi connectivity index (χ0v) is 31.4. The van der Waals surface area contributed by atoms with Crippen LogP contribution < -0.4 is 14.8 Å². The number of phenols is 1. The molecule has 7 heteroatoms. The van der Waals surface area contributed by atoms with Crippen molar-refractivity contribution in [3.63, 3.8) is 0 Å². The molecule has 3 aliphatic rings. The van der Waals surface area contributed by atoms with E-state index in [1.807, 2.05) is 36.4 Å². The van der Waals surface area contributed by atoms with Gasteiger partial charge in [0.2, 0.25) is 0 Å². The lowest BCUT2D eigenvalue weighted by Gasteiger charge is -2.32. The van der Waals surface area contributed by atoms with Crippen LogP contribution in [0.5, 0.6) is 17.2 Å². The second kappa shape index (κ2) is 18.4. The third-order valence-electron chi connectivity index (χ3n) is 11.0. The fourth-order valence-electron chi connectivity index (χ4n) is 8.18. The van der Waals surface area contributed by atoms with E-state index >= 15 is 0 Å². The molecule has 0 unspecified atom stereocenters. The first-order valence-electron chi connectivity index (χ1n) is 19.5. The Bertz CT molecular complexity index is 1900. The van der Waals surface area contributed by atoms with Gasteiger partial charge >= 0.3 is 0 Å². The molecule has 2 heterocycles. The number of Topliss-reactive ketones (excluding diaryl/α,β-unsaturated/α-hetero) is 1. The number of methoxy groups -OCH3 is 1. The molecule has 4 aromatic carbocycles. The molecule has 0 spiro atoms. The number of aliphatic hydroxyl groups excluding tert-OH is 1. The molecule has 0 amide bonds. The van der Waals surface area contributed by atoms with Crippen molar-refractivity contribution in [3.8, 4) is 29.3 Å². The molecule has 7 rings (SSSR count). The molecule has 7 nitrogen and oxygen atoms in total. The highest BCUT2D eigenvalue weighted by atomic mass is 16.5. The second-order valence-electron chi connectivity index (χ2n) is 15.2. The summed E-state index contributed by atoms with van der Waals surface area (Å²) in [4.78, 5) is 13.6. The van der Waals surface area contributed by atoms with Crippen LogP contribution >= 0.6 is 0 Å². The number of ether oxygens (including phenoxy) is 3. The summed E-state index contributed by atoms with van der Waals surface area (Å²) in [5, 5.41) is 25.7. The van der Waals surface area contributed by atoms with Gasteiger partial charge in [-0.1, -0.05) is 68.0 Å². The lowest BCUT2D eigenvalue weighted by Crippen LogP contribution is -2.27. The zero-order valence-electron chi connectivity index (χ0n) is 31.4. The standard InChI is InChI=1S/C46H55NO6/c1-33(48)31-47-38-12-8-11-34(27-38)10-4-3-5-22-46(23-6-7-24-46)30-40-29-39(49)18-14-35-16-21-44(51-2)45(28-35)53-32-36-15-19-41-37(26-36)17-20-43(50)42(41)13-9-25-52-40/h8,11-12,15-17,19-21,26-28,33,40,47-48,50H,3-7,10,13-14,18,22-24,29-32H2,1-2H3/t33-,40-/m0/s1. The Labute approximate surface area is 315 Å². The number of carbonyl (C=O) groups excluding carboxylic acids is 1. The summed E-state index contributed by atoms with van der Waals surface area (Å²) in [6.07, 6.45) is 15.2. The van der Waals surface area contributed by atoms with Crippen LogP contribution in [-0.2, 0) is 35.4 Å². The van der Waals surface area contributed by atoms with Gasteiger partial charge < -0.3 is 29.7 Å². The van der Waals surface area contributed by atoms with E-state index in [-0.39, 0.29) is 29.2 Å². The van der Waals surface area contributed by atoms with Crippen molar-refractivity contribution in [2.24, 2.45) is 5.41 Å². The van der Waals surface area contributed by atoms with Crippen molar-refractivity contribution in [3.05, 3.63) is 95.1 Å². The molecule has 0 radical (unpaired) electrons. The van der Waals surface area contributed by atoms with Crippen LogP contribution in [0.2, 0.25) is 0 Å². The maximum absolute atomic E-state index is 13.6. The Morgan fingerprint density at radius 2 is 1.83 bits per heavy atom. The predicted molar refractivity (Wildman–Crippen MR) is 212 cm³/mol. The molecule has 6 bridgehead atoms. The van der Waals surface area contributed by atoms with E-state index in [1.165, 1.54) is 18.4 Å². The van der Waals surface area contributed by atoms with Gasteiger partial charge in [-0.15, -0.1) is 0 Å². The number of phenolic OH excluding ortho intramolecular Hbond substituents is 1. The molecular formula is C46H55NO6. The highest BCUT2D eigenvalue weighted by Gasteiger charge is 2.36. The fourth-order valence-corrected chi connectivity index (χ4v) is 8.18. The van der Waals surface area contributed by atoms with Crippen LogP contribution in [0.15, 0.2) is 72.8 Å². The molecular weight excluding hydrogens is 663 g/mol. The van der Waals surface area contributed by atoms with Crippen LogP contribution in [0.4, 0.5) is 5.69 Å². The Hall–Kier alpha value is -4.67. The molecule has 53 heavy (non-hydrogen) atoms. The van der Waals surface area contributed by atoms with Gasteiger partial charge in [-0.3, -0.25) is 4.79 Å². The van der Waals surface area contributed by atoms with E-state index in [1.54, 1.807) is 20.1 Å². The first-order valence-corrected chi connectivity index (χ1v) is 19.5. The molecule has 1 saturated carbocycles. The fraction of sp³-hybridized carbons (Fsp3) is 0.457. The normalized spacial score (nSPS) is 17.9. The molecule has 1 aliphatic carbocycles. The van der Waals surface area contributed by atoms with E-state index in [0.29, 0.717) is 50.3 Å². The summed E-state index contributed by atoms with van der Waals surface area (Å²) in [7, 11) is 1.64. The van der Waals surface area contributed by atoms with Crippen LogP contribution in [0.25, 0.3) is 10.8 Å². The summed E-state index contributed by atoms with van der Waals surface area (Å²) in [5.41, 5.74) is 5.31. The Balaban J connectivity index is 1.15. The molecule has 1 fully saturated rings. The second-order valence-corrected chi connectivity index (χ2v) is 15.2. The lowest BCUT2D eigenvalue weighted by atomic mass is 9.75. The van der Waals surface area contributed by atoms with Gasteiger partial charge in [0.15, 0.2) is 11.5 Å². The highest BCUT2D eigenvalue weighted by molar-refractivity contribution is 5.88. The number of carbonyl (C=O) groups is 1. The number of aryl methyl sites for hydroxylation is 2. The molecule has 0 aromatic heterocycles. The number of rotatable bonds is 12. The van der Waals surface area contributed by atoms with Crippen LogP contribution in [0, 0.1) is 17.4 Å². The number of hydrogen-bond acceptors (Lipinski definition) is 7. The minimum atomic E-state index is -0.382. The van der Waals surface area contributed by atoms with E-state index in [2.05, 4.69) is 47.7 Å². The van der Waals surface area contributed by atoms with Crippen molar-refractivity contribution in [1.82, 2.24) is 0 Å². The van der Waals surface area contributed by atoms with Crippen molar-refractivity contribution in [2.45, 2.75) is 116 Å². The highest BCUT2D eigenvalue weighted by Crippen LogP contribution is 2.47. The largest absolute Gasteiger partial charge is 0.508 e. The van der Waals surface area contributed by atoms with E-state index in [4.69, 9.17) is 14.2 Å². The van der Waals surface area contributed by atoms with Crippen molar-refractivity contribution in [2.75, 3.05) is 19.0 Å². The summed E-state index contributed by atoms with van der Waals surface area (Å²) in [6.45, 7) is 2.69. The molecule has 3 N–H and O–H groups in total. The van der Waals surface area contributed by atoms with Gasteiger partial charge in [-0.25, -0.2) is 0 Å². The first-order chi connectivity index (χ1) is 25.8. The smallest absolute Gasteiger partial charge is 0.161 e. The number of fused-ring (bicyclic) bond motifs is 9. The SMILES string of the molecule is COc1ccc2cc1OCc1ccc3c(c(O)ccc3c1)CC#CO[C@H](CC1(CCCCCc3cccc(NC[C@H](C)O)c3)CCCC1)CC(=O)CC2. The van der Waals surface area contributed by atoms with Gasteiger partial charge in [0.05, 0.1) is 13.2 Å². The predicted octanol–water partition coefficient (Wildman–Crippen LogP) is 9.47.